The number of unbranched alkanes of at least 4 members (excludes halogenated alkanes) is 31. The van der Waals surface area contributed by atoms with E-state index in [4.69, 9.17) is 0 Å². The van der Waals surface area contributed by atoms with E-state index in [1.165, 1.54) is 315 Å². The zero-order valence-electron chi connectivity index (χ0n) is 49.0. The first kappa shape index (κ1) is 72.1. The Morgan fingerprint density at radius 2 is 0.338 bits per heavy atom. The molecule has 0 spiro atoms. The molecule has 3 nitrogen and oxygen atoms in total. The van der Waals surface area contributed by atoms with Crippen LogP contribution in [0, 0.1) is 29.6 Å². The largest absolute Gasteiger partial charge is 0.396 e. The Hall–Kier alpha value is -0.120. The van der Waals surface area contributed by atoms with Crippen molar-refractivity contribution in [2.75, 3.05) is 19.8 Å². The van der Waals surface area contributed by atoms with E-state index in [1.807, 2.05) is 0 Å². The van der Waals surface area contributed by atoms with Crippen LogP contribution in [-0.2, 0) is 0 Å². The number of hydrogen-bond acceptors (Lipinski definition) is 3. The van der Waals surface area contributed by atoms with Gasteiger partial charge in [-0.3, -0.25) is 0 Å². The van der Waals surface area contributed by atoms with Crippen molar-refractivity contribution < 1.29 is 15.3 Å². The van der Waals surface area contributed by atoms with E-state index in [9.17, 15) is 15.3 Å². The average molecular weight is 966 g/mol. The fourth-order valence-corrected chi connectivity index (χ4v) is 10.3. The maximum absolute atomic E-state index is 9.66. The molecule has 0 aromatic heterocycles. The van der Waals surface area contributed by atoms with Gasteiger partial charge in [0, 0.05) is 19.8 Å². The normalized spacial score (nSPS) is 13.6. The standard InChI is InChI=1S/C25H52O.2C20H42O/c1-5-7-9-10-12-17-23(3)18-13-14-20-25(22-26)21-15-19-24(4)16-11-8-6-2;2*1-3-5-7-9-11-12-14-16-18-20(19-21)17-15-13-10-8-6-4-2/h23-26H,5-22H2,1-4H3;2*20-21H,3-19H2,1-2H3. The highest BCUT2D eigenvalue weighted by atomic mass is 16.3. The van der Waals surface area contributed by atoms with Crippen molar-refractivity contribution in [3.8, 4) is 0 Å². The maximum Gasteiger partial charge on any atom is 0.0459 e. The second kappa shape index (κ2) is 64.9. The average Bonchev–Trinajstić information content (AvgIpc) is 3.35. The first-order valence-electron chi connectivity index (χ1n) is 32.2. The lowest BCUT2D eigenvalue weighted by Crippen LogP contribution is -2.07. The van der Waals surface area contributed by atoms with Gasteiger partial charge >= 0.3 is 0 Å². The van der Waals surface area contributed by atoms with Crippen molar-refractivity contribution in [1.29, 1.82) is 0 Å². The van der Waals surface area contributed by atoms with Crippen molar-refractivity contribution in [3.63, 3.8) is 0 Å². The van der Waals surface area contributed by atoms with Gasteiger partial charge in [0.1, 0.15) is 0 Å². The highest BCUT2D eigenvalue weighted by Gasteiger charge is 2.11. The monoisotopic (exact) mass is 965 g/mol. The van der Waals surface area contributed by atoms with Gasteiger partial charge in [-0.2, -0.15) is 0 Å². The lowest BCUT2D eigenvalue weighted by Gasteiger charge is -2.17. The summed E-state index contributed by atoms with van der Waals surface area (Å²) in [7, 11) is 0. The molecule has 3 N–H and O–H groups in total. The molecule has 68 heavy (non-hydrogen) atoms. The Bertz CT molecular complexity index is 791. The minimum absolute atomic E-state index is 0.400. The molecule has 0 aromatic rings. The summed E-state index contributed by atoms with van der Waals surface area (Å²) in [5.41, 5.74) is 0. The second-order valence-electron chi connectivity index (χ2n) is 22.9. The molecule has 0 fully saturated rings. The summed E-state index contributed by atoms with van der Waals surface area (Å²) < 4.78 is 0. The predicted molar refractivity (Wildman–Crippen MR) is 310 cm³/mol. The molecule has 0 amide bonds. The van der Waals surface area contributed by atoms with Crippen LogP contribution >= 0.6 is 0 Å². The summed E-state index contributed by atoms with van der Waals surface area (Å²) in [6, 6.07) is 0. The minimum Gasteiger partial charge on any atom is -0.396 e. The van der Waals surface area contributed by atoms with E-state index >= 15 is 0 Å². The Balaban J connectivity index is -0.000000940. The van der Waals surface area contributed by atoms with Gasteiger partial charge in [-0.15, -0.1) is 0 Å². The Morgan fingerprint density at radius 3 is 0.588 bits per heavy atom. The number of rotatable bonds is 54. The van der Waals surface area contributed by atoms with Crippen molar-refractivity contribution >= 4 is 0 Å². The summed E-state index contributed by atoms with van der Waals surface area (Å²) in [6.07, 6.45) is 66.9. The van der Waals surface area contributed by atoms with Crippen molar-refractivity contribution in [2.45, 2.75) is 370 Å². The van der Waals surface area contributed by atoms with Crippen molar-refractivity contribution in [3.05, 3.63) is 0 Å². The predicted octanol–water partition coefficient (Wildman–Crippen LogP) is 22.3. The van der Waals surface area contributed by atoms with Crippen LogP contribution in [0.15, 0.2) is 0 Å². The van der Waals surface area contributed by atoms with Gasteiger partial charge in [0.25, 0.3) is 0 Å². The van der Waals surface area contributed by atoms with Crippen LogP contribution in [0.2, 0.25) is 0 Å². The molecule has 5 unspecified atom stereocenters. The molecular formula is C65H136O3. The molecule has 0 aliphatic heterocycles. The van der Waals surface area contributed by atoms with Crippen molar-refractivity contribution in [2.24, 2.45) is 29.6 Å². The molecule has 0 saturated carbocycles. The molecule has 0 bridgehead atoms. The third kappa shape index (κ3) is 62.0. The molecule has 414 valence electrons. The SMILES string of the molecule is CCCCCCCC(C)CCCCC(CO)CCCC(C)CCCCC.CCCCCCCCCCC(CO)CCCCCCCC.CCCCCCCCCCC(CO)CCCCCCCC. The highest BCUT2D eigenvalue weighted by molar-refractivity contribution is 4.64. The van der Waals surface area contributed by atoms with E-state index in [2.05, 4.69) is 55.4 Å². The fraction of sp³-hybridized carbons (Fsp3) is 1.00. The fourth-order valence-electron chi connectivity index (χ4n) is 10.3. The molecule has 5 atom stereocenters. The Labute approximate surface area is 432 Å². The summed E-state index contributed by atoms with van der Waals surface area (Å²) in [6.45, 7) is 19.7. The van der Waals surface area contributed by atoms with Crippen LogP contribution in [0.3, 0.4) is 0 Å². The maximum atomic E-state index is 9.66. The van der Waals surface area contributed by atoms with Crippen LogP contribution in [0.5, 0.6) is 0 Å². The number of aliphatic hydroxyl groups excluding tert-OH is 3. The molecule has 0 aromatic carbocycles. The quantitative estimate of drug-likeness (QED) is 0.0532. The zero-order valence-corrected chi connectivity index (χ0v) is 49.0. The van der Waals surface area contributed by atoms with Gasteiger partial charge in [0.2, 0.25) is 0 Å². The van der Waals surface area contributed by atoms with Gasteiger partial charge in [-0.1, -0.05) is 331 Å². The van der Waals surface area contributed by atoms with E-state index < -0.39 is 0 Å². The molecule has 0 rings (SSSR count). The summed E-state index contributed by atoms with van der Waals surface area (Å²) in [5, 5.41) is 28.6. The van der Waals surface area contributed by atoms with Gasteiger partial charge in [0.15, 0.2) is 0 Å². The molecule has 0 heterocycles. The Morgan fingerprint density at radius 1 is 0.191 bits per heavy atom. The van der Waals surface area contributed by atoms with Crippen LogP contribution in [0.25, 0.3) is 0 Å². The van der Waals surface area contributed by atoms with Gasteiger partial charge in [-0.25, -0.2) is 0 Å². The Kier molecular flexibility index (Phi) is 68.8. The highest BCUT2D eigenvalue weighted by Crippen LogP contribution is 2.24. The van der Waals surface area contributed by atoms with Gasteiger partial charge in [0.05, 0.1) is 0 Å². The lowest BCUT2D eigenvalue weighted by molar-refractivity contribution is 0.201. The third-order valence-corrected chi connectivity index (χ3v) is 15.6. The van der Waals surface area contributed by atoms with Crippen LogP contribution in [0.1, 0.15) is 370 Å². The number of aliphatic hydroxyl groups is 3. The first-order chi connectivity index (χ1) is 33.3. The molecule has 3 heteroatoms. The minimum atomic E-state index is 0.400. The smallest absolute Gasteiger partial charge is 0.0459 e. The molecular weight excluding hydrogens is 829 g/mol. The molecule has 0 radical (unpaired) electrons. The van der Waals surface area contributed by atoms with Crippen LogP contribution in [-0.4, -0.2) is 35.1 Å². The van der Waals surface area contributed by atoms with Gasteiger partial charge < -0.3 is 15.3 Å². The van der Waals surface area contributed by atoms with Crippen LogP contribution in [0.4, 0.5) is 0 Å². The van der Waals surface area contributed by atoms with Crippen molar-refractivity contribution in [1.82, 2.24) is 0 Å². The van der Waals surface area contributed by atoms with E-state index in [0.717, 1.165) is 11.8 Å². The van der Waals surface area contributed by atoms with E-state index in [1.54, 1.807) is 0 Å². The molecule has 0 saturated heterocycles. The third-order valence-electron chi connectivity index (χ3n) is 15.6. The van der Waals surface area contributed by atoms with E-state index in [0.29, 0.717) is 37.6 Å². The summed E-state index contributed by atoms with van der Waals surface area (Å²) >= 11 is 0. The topological polar surface area (TPSA) is 60.7 Å². The lowest BCUT2D eigenvalue weighted by atomic mass is 9.90. The second-order valence-corrected chi connectivity index (χ2v) is 22.9. The van der Waals surface area contributed by atoms with E-state index in [-0.39, 0.29) is 0 Å². The summed E-state index contributed by atoms with van der Waals surface area (Å²) in [5.74, 6) is 3.49. The summed E-state index contributed by atoms with van der Waals surface area (Å²) in [4.78, 5) is 0. The first-order valence-corrected chi connectivity index (χ1v) is 32.2. The van der Waals surface area contributed by atoms with Crippen LogP contribution < -0.4 is 0 Å². The molecule has 0 aliphatic rings. The molecule has 0 aliphatic carbocycles. The number of hydrogen-bond donors (Lipinski definition) is 3. The zero-order chi connectivity index (χ0) is 50.7. The van der Waals surface area contributed by atoms with Gasteiger partial charge in [-0.05, 0) is 68.1 Å².